The third-order valence-corrected chi connectivity index (χ3v) is 5.50. The normalized spacial score (nSPS) is 15.4. The van der Waals surface area contributed by atoms with Gasteiger partial charge in [-0.2, -0.15) is 5.26 Å². The second-order valence-corrected chi connectivity index (χ2v) is 7.37. The molecule has 10 heteroatoms. The number of aromatic hydroxyl groups is 1. The first kappa shape index (κ1) is 23.8. The number of hydrogen-bond donors (Lipinski definition) is 1. The quantitative estimate of drug-likeness (QED) is 0.497. The predicted molar refractivity (Wildman–Crippen MR) is 119 cm³/mol. The van der Waals surface area contributed by atoms with Gasteiger partial charge in [-0.25, -0.2) is 4.79 Å². The summed E-state index contributed by atoms with van der Waals surface area (Å²) in [5, 5.41) is 20.4. The minimum Gasteiger partial charge on any atom is -0.494 e. The van der Waals surface area contributed by atoms with Crippen LogP contribution in [0.5, 0.6) is 17.4 Å². The molecular weight excluding hydrogens is 430 g/mol. The average molecular weight is 455 g/mol. The number of carbonyl (C=O) groups excluding carboxylic acids is 1. The molecule has 174 valence electrons. The zero-order valence-corrected chi connectivity index (χ0v) is 18.9. The molecule has 0 radical (unpaired) electrons. The van der Waals surface area contributed by atoms with Gasteiger partial charge in [-0.15, -0.1) is 0 Å². The first-order valence-electron chi connectivity index (χ1n) is 10.2. The Balaban J connectivity index is 2.14. The van der Waals surface area contributed by atoms with E-state index in [1.807, 2.05) is 6.07 Å². The lowest BCUT2D eigenvalue weighted by molar-refractivity contribution is 0.0601. The molecule has 0 spiro atoms. The van der Waals surface area contributed by atoms with Gasteiger partial charge in [0, 0.05) is 25.0 Å². The van der Waals surface area contributed by atoms with Crippen molar-refractivity contribution < 1.29 is 28.8 Å². The predicted octanol–water partition coefficient (Wildman–Crippen LogP) is 2.47. The number of hydrogen-bond acceptors (Lipinski definition) is 9. The van der Waals surface area contributed by atoms with Crippen LogP contribution in [0.3, 0.4) is 0 Å². The van der Waals surface area contributed by atoms with Crippen LogP contribution in [0.4, 0.5) is 5.69 Å². The smallest absolute Gasteiger partial charge is 0.340 e. The Labute approximate surface area is 190 Å². The van der Waals surface area contributed by atoms with Crippen LogP contribution in [-0.2, 0) is 16.0 Å². The number of carbonyl (C=O) groups is 1. The molecule has 33 heavy (non-hydrogen) atoms. The van der Waals surface area contributed by atoms with Crippen LogP contribution in [0, 0.1) is 18.3 Å². The Morgan fingerprint density at radius 3 is 2.61 bits per heavy atom. The topological polar surface area (TPSA) is 132 Å². The number of methoxy groups -OCH3 is 3. The van der Waals surface area contributed by atoms with Crippen molar-refractivity contribution in [3.05, 3.63) is 44.7 Å². The van der Waals surface area contributed by atoms with Crippen LogP contribution >= 0.6 is 0 Å². The fourth-order valence-corrected chi connectivity index (χ4v) is 3.67. The molecule has 10 nitrogen and oxygen atoms in total. The summed E-state index contributed by atoms with van der Waals surface area (Å²) in [4.78, 5) is 29.4. The molecule has 0 amide bonds. The Morgan fingerprint density at radius 2 is 2.03 bits per heavy atom. The molecule has 1 saturated heterocycles. The summed E-state index contributed by atoms with van der Waals surface area (Å²) in [6.45, 7) is 2.25. The summed E-state index contributed by atoms with van der Waals surface area (Å²) in [7, 11) is 4.12. The Bertz CT molecular complexity index is 1190. The van der Waals surface area contributed by atoms with E-state index in [4.69, 9.17) is 18.9 Å². The highest BCUT2D eigenvalue weighted by molar-refractivity contribution is 5.98. The van der Waals surface area contributed by atoms with Crippen LogP contribution in [0.15, 0.2) is 21.9 Å². The lowest BCUT2D eigenvalue weighted by Crippen LogP contribution is -2.29. The summed E-state index contributed by atoms with van der Waals surface area (Å²) in [5.74, 6) is -0.340. The van der Waals surface area contributed by atoms with Gasteiger partial charge in [-0.1, -0.05) is 0 Å². The van der Waals surface area contributed by atoms with Gasteiger partial charge in [-0.3, -0.25) is 14.4 Å². The number of aromatic nitrogens is 1. The van der Waals surface area contributed by atoms with Crippen LogP contribution in [-0.4, -0.2) is 55.9 Å². The maximum Gasteiger partial charge on any atom is 0.340 e. The summed E-state index contributed by atoms with van der Waals surface area (Å²) >= 11 is 0. The molecule has 0 unspecified atom stereocenters. The van der Waals surface area contributed by atoms with E-state index in [0.29, 0.717) is 18.1 Å². The van der Waals surface area contributed by atoms with Crippen molar-refractivity contribution in [1.29, 1.82) is 5.26 Å². The maximum atomic E-state index is 12.8. The van der Waals surface area contributed by atoms with Gasteiger partial charge in [0.2, 0.25) is 5.88 Å². The van der Waals surface area contributed by atoms with E-state index < -0.39 is 11.5 Å². The van der Waals surface area contributed by atoms with Crippen LogP contribution < -0.4 is 15.0 Å². The number of ether oxygens (including phenoxy) is 4. The van der Waals surface area contributed by atoms with Crippen molar-refractivity contribution in [3.8, 4) is 23.4 Å². The molecule has 1 aliphatic heterocycles. The van der Waals surface area contributed by atoms with Crippen molar-refractivity contribution >= 4 is 17.9 Å². The van der Waals surface area contributed by atoms with E-state index in [0.717, 1.165) is 17.4 Å². The van der Waals surface area contributed by atoms with Gasteiger partial charge in [0.25, 0.3) is 5.56 Å². The second kappa shape index (κ2) is 10.2. The molecule has 0 saturated carbocycles. The number of benzene rings is 1. The third kappa shape index (κ3) is 4.68. The summed E-state index contributed by atoms with van der Waals surface area (Å²) in [6, 6.07) is 4.83. The average Bonchev–Trinajstić information content (AvgIpc) is 3.34. The van der Waals surface area contributed by atoms with E-state index in [9.17, 15) is 20.0 Å². The van der Waals surface area contributed by atoms with Crippen molar-refractivity contribution in [2.24, 2.45) is 4.99 Å². The Morgan fingerprint density at radius 1 is 1.33 bits per heavy atom. The molecule has 2 aromatic rings. The first-order chi connectivity index (χ1) is 15.9. The summed E-state index contributed by atoms with van der Waals surface area (Å²) in [6.07, 6.45) is 2.68. The fraction of sp³-hybridized carbons (Fsp3) is 0.391. The number of esters is 1. The van der Waals surface area contributed by atoms with Crippen molar-refractivity contribution in [2.45, 2.75) is 32.4 Å². The number of aliphatic imine (C=N–C) groups is 1. The fourth-order valence-electron chi connectivity index (χ4n) is 3.67. The molecule has 1 aliphatic rings. The van der Waals surface area contributed by atoms with E-state index >= 15 is 0 Å². The monoisotopic (exact) mass is 455 g/mol. The maximum absolute atomic E-state index is 12.8. The van der Waals surface area contributed by atoms with E-state index in [1.165, 1.54) is 39.7 Å². The zero-order chi connectivity index (χ0) is 24.1. The number of rotatable bonds is 7. The van der Waals surface area contributed by atoms with E-state index in [2.05, 4.69) is 4.99 Å². The molecule has 3 rings (SSSR count). The van der Waals surface area contributed by atoms with Gasteiger partial charge in [-0.05, 0) is 25.3 Å². The number of pyridine rings is 1. The summed E-state index contributed by atoms with van der Waals surface area (Å²) < 4.78 is 22.1. The van der Waals surface area contributed by atoms with Crippen LogP contribution in [0.25, 0.3) is 0 Å². The van der Waals surface area contributed by atoms with E-state index in [-0.39, 0.29) is 46.5 Å². The SMILES string of the molecule is COC(=O)c1cc(OC)c(OC)cc1N=Cc1c(C)c(C#N)c(=O)n(C[C@H]2CCCO2)c1O. The Kier molecular flexibility index (Phi) is 7.35. The molecule has 0 aliphatic carbocycles. The summed E-state index contributed by atoms with van der Waals surface area (Å²) in [5.41, 5.74) is 0.0434. The first-order valence-corrected chi connectivity index (χ1v) is 10.2. The van der Waals surface area contributed by atoms with Gasteiger partial charge < -0.3 is 24.1 Å². The molecule has 1 aromatic heterocycles. The lowest BCUT2D eigenvalue weighted by atomic mass is 10.1. The second-order valence-electron chi connectivity index (χ2n) is 7.37. The van der Waals surface area contributed by atoms with Crippen molar-refractivity contribution in [3.63, 3.8) is 0 Å². The molecule has 0 bridgehead atoms. The van der Waals surface area contributed by atoms with Gasteiger partial charge >= 0.3 is 5.97 Å². The van der Waals surface area contributed by atoms with Crippen LogP contribution in [0.1, 0.15) is 39.9 Å². The highest BCUT2D eigenvalue weighted by Crippen LogP contribution is 2.35. The lowest BCUT2D eigenvalue weighted by Gasteiger charge is -2.17. The number of nitrogens with zero attached hydrogens (tertiary/aromatic N) is 3. The molecule has 1 fully saturated rings. The van der Waals surface area contributed by atoms with Gasteiger partial charge in [0.05, 0.1) is 50.8 Å². The van der Waals surface area contributed by atoms with E-state index in [1.54, 1.807) is 6.92 Å². The highest BCUT2D eigenvalue weighted by atomic mass is 16.5. The largest absolute Gasteiger partial charge is 0.494 e. The van der Waals surface area contributed by atoms with Gasteiger partial charge in [0.15, 0.2) is 11.5 Å². The zero-order valence-electron chi connectivity index (χ0n) is 18.9. The standard InChI is InChI=1S/C23H25N3O7/c1-13-16(10-24)21(27)26(12-14-6-5-7-33-14)22(28)17(13)11-25-18-9-20(31-3)19(30-2)8-15(18)23(29)32-4/h8-9,11,14,28H,5-7,12H2,1-4H3/t14-/m1/s1. The molecule has 1 aromatic carbocycles. The molecule has 1 N–H and O–H groups in total. The number of nitriles is 1. The van der Waals surface area contributed by atoms with Crippen molar-refractivity contribution in [2.75, 3.05) is 27.9 Å². The Hall–Kier alpha value is -3.84. The molecule has 2 heterocycles. The molecule has 1 atom stereocenters. The molecular formula is C23H25N3O7. The van der Waals surface area contributed by atoms with Crippen molar-refractivity contribution in [1.82, 2.24) is 4.57 Å². The van der Waals surface area contributed by atoms with Gasteiger partial charge in [0.1, 0.15) is 11.6 Å². The highest BCUT2D eigenvalue weighted by Gasteiger charge is 2.23. The van der Waals surface area contributed by atoms with Crippen LogP contribution in [0.2, 0.25) is 0 Å². The third-order valence-electron chi connectivity index (χ3n) is 5.50. The minimum atomic E-state index is -0.648. The minimum absolute atomic E-state index is 0.104.